The molecule has 1 unspecified atom stereocenters. The van der Waals surface area contributed by atoms with Crippen LogP contribution in [0.1, 0.15) is 33.6 Å². The molecule has 0 bridgehead atoms. The largest absolute Gasteiger partial charge is 0.408 e. The molecule has 0 aliphatic heterocycles. The maximum absolute atomic E-state index is 12.3. The number of rotatable bonds is 6. The second kappa shape index (κ2) is 7.29. The molecule has 21 heavy (non-hydrogen) atoms. The lowest BCUT2D eigenvalue weighted by molar-refractivity contribution is -0.143. The van der Waals surface area contributed by atoms with E-state index < -0.39 is 18.3 Å². The quantitative estimate of drug-likeness (QED) is 0.829. The zero-order valence-electron chi connectivity index (χ0n) is 12.2. The lowest BCUT2D eigenvalue weighted by Crippen LogP contribution is -2.31. The van der Waals surface area contributed by atoms with Crippen molar-refractivity contribution >= 4 is 21.6 Å². The third kappa shape index (κ3) is 6.07. The fourth-order valence-corrected chi connectivity index (χ4v) is 2.19. The molecule has 4 nitrogen and oxygen atoms in total. The number of nitrogens with zero attached hydrogens (tertiary/aromatic N) is 2. The molecule has 0 aliphatic carbocycles. The Kier molecular flexibility index (Phi) is 6.24. The molecular formula is C13H19BrF3N3O. The van der Waals surface area contributed by atoms with Gasteiger partial charge in [-0.05, 0) is 41.6 Å². The van der Waals surface area contributed by atoms with E-state index in [0.29, 0.717) is 16.3 Å². The number of alkyl halides is 3. The molecule has 1 N–H and O–H groups in total. The van der Waals surface area contributed by atoms with Crippen LogP contribution in [0.4, 0.5) is 18.9 Å². The summed E-state index contributed by atoms with van der Waals surface area (Å²) in [7, 11) is 0. The molecule has 1 heterocycles. The molecule has 1 aromatic rings. The van der Waals surface area contributed by atoms with E-state index in [4.69, 9.17) is 0 Å². The van der Waals surface area contributed by atoms with Crippen LogP contribution in [0.2, 0.25) is 0 Å². The lowest BCUT2D eigenvalue weighted by atomic mass is 10.0. The number of aromatic nitrogens is 2. The number of halogens is 4. The van der Waals surface area contributed by atoms with Gasteiger partial charge in [0.15, 0.2) is 0 Å². The Morgan fingerprint density at radius 3 is 2.48 bits per heavy atom. The average molecular weight is 370 g/mol. The molecule has 0 amide bonds. The van der Waals surface area contributed by atoms with Crippen molar-refractivity contribution in [3.05, 3.63) is 21.0 Å². The molecule has 0 saturated carbocycles. The number of anilines is 1. The van der Waals surface area contributed by atoms with E-state index in [-0.39, 0.29) is 10.5 Å². The van der Waals surface area contributed by atoms with Crippen molar-refractivity contribution in [2.75, 3.05) is 5.32 Å². The molecule has 0 spiro atoms. The van der Waals surface area contributed by atoms with Gasteiger partial charge in [-0.2, -0.15) is 18.3 Å². The van der Waals surface area contributed by atoms with Crippen LogP contribution >= 0.6 is 15.9 Å². The standard InChI is InChI=1S/C13H19BrF3N3O/c1-8(2)4-5-9(3)19-10-6-18-20(7-13(15,16)17)12(21)11(10)14/h6,8-9,19H,4-5,7H2,1-3H3. The molecule has 0 radical (unpaired) electrons. The topological polar surface area (TPSA) is 46.9 Å². The van der Waals surface area contributed by atoms with Crippen LogP contribution in [-0.2, 0) is 6.54 Å². The minimum absolute atomic E-state index is 0.0677. The van der Waals surface area contributed by atoms with E-state index in [9.17, 15) is 18.0 Å². The van der Waals surface area contributed by atoms with E-state index in [0.717, 1.165) is 12.8 Å². The van der Waals surface area contributed by atoms with E-state index in [1.54, 1.807) is 0 Å². The minimum Gasteiger partial charge on any atom is -0.380 e. The maximum Gasteiger partial charge on any atom is 0.408 e. The Morgan fingerprint density at radius 1 is 1.33 bits per heavy atom. The van der Waals surface area contributed by atoms with Gasteiger partial charge in [0.2, 0.25) is 0 Å². The second-order valence-electron chi connectivity index (χ2n) is 5.47. The van der Waals surface area contributed by atoms with E-state index in [1.807, 2.05) is 6.92 Å². The lowest BCUT2D eigenvalue weighted by Gasteiger charge is -2.17. The highest BCUT2D eigenvalue weighted by molar-refractivity contribution is 9.10. The van der Waals surface area contributed by atoms with E-state index >= 15 is 0 Å². The van der Waals surface area contributed by atoms with Crippen molar-refractivity contribution in [3.8, 4) is 0 Å². The summed E-state index contributed by atoms with van der Waals surface area (Å²) in [5.41, 5.74) is -0.386. The summed E-state index contributed by atoms with van der Waals surface area (Å²) >= 11 is 3.04. The zero-order chi connectivity index (χ0) is 16.2. The number of hydrogen-bond acceptors (Lipinski definition) is 3. The molecule has 1 aromatic heterocycles. The predicted molar refractivity (Wildman–Crippen MR) is 79.4 cm³/mol. The fraction of sp³-hybridized carbons (Fsp3) is 0.692. The van der Waals surface area contributed by atoms with Gasteiger partial charge in [-0.1, -0.05) is 13.8 Å². The van der Waals surface area contributed by atoms with Crippen molar-refractivity contribution in [2.24, 2.45) is 5.92 Å². The van der Waals surface area contributed by atoms with Crippen LogP contribution in [0.15, 0.2) is 15.5 Å². The molecule has 1 atom stereocenters. The molecule has 0 fully saturated rings. The monoisotopic (exact) mass is 369 g/mol. The first-order valence-electron chi connectivity index (χ1n) is 6.69. The summed E-state index contributed by atoms with van der Waals surface area (Å²) < 4.78 is 37.4. The normalized spacial score (nSPS) is 13.5. The molecule has 1 rings (SSSR count). The van der Waals surface area contributed by atoms with Gasteiger partial charge in [0, 0.05) is 6.04 Å². The van der Waals surface area contributed by atoms with Crippen molar-refractivity contribution in [3.63, 3.8) is 0 Å². The summed E-state index contributed by atoms with van der Waals surface area (Å²) in [4.78, 5) is 11.8. The summed E-state index contributed by atoms with van der Waals surface area (Å²) in [6.45, 7) is 4.79. The highest BCUT2D eigenvalue weighted by atomic mass is 79.9. The van der Waals surface area contributed by atoms with Gasteiger partial charge >= 0.3 is 6.18 Å². The molecule has 8 heteroatoms. The van der Waals surface area contributed by atoms with Crippen LogP contribution in [0.5, 0.6) is 0 Å². The van der Waals surface area contributed by atoms with E-state index in [2.05, 4.69) is 40.2 Å². The van der Waals surface area contributed by atoms with Gasteiger partial charge in [0.25, 0.3) is 5.56 Å². The summed E-state index contributed by atoms with van der Waals surface area (Å²) in [5.74, 6) is 0.565. The highest BCUT2D eigenvalue weighted by Gasteiger charge is 2.29. The van der Waals surface area contributed by atoms with Crippen molar-refractivity contribution in [1.29, 1.82) is 0 Å². The Hall–Kier alpha value is -1.05. The van der Waals surface area contributed by atoms with Crippen LogP contribution < -0.4 is 10.9 Å². The number of hydrogen-bond donors (Lipinski definition) is 1. The van der Waals surface area contributed by atoms with Gasteiger partial charge < -0.3 is 5.32 Å². The summed E-state index contributed by atoms with van der Waals surface area (Å²) in [5, 5.41) is 6.66. The SMILES string of the molecule is CC(C)CCC(C)Nc1cnn(CC(F)(F)F)c(=O)c1Br. The predicted octanol–water partition coefficient (Wildman–Crippen LogP) is 3.80. The Labute approximate surface area is 129 Å². The van der Waals surface area contributed by atoms with Gasteiger partial charge in [-0.15, -0.1) is 0 Å². The molecule has 120 valence electrons. The highest BCUT2D eigenvalue weighted by Crippen LogP contribution is 2.21. The third-order valence-electron chi connectivity index (χ3n) is 2.89. The third-order valence-corrected chi connectivity index (χ3v) is 3.66. The summed E-state index contributed by atoms with van der Waals surface area (Å²) in [6, 6.07) is 0.100. The Morgan fingerprint density at radius 2 is 1.95 bits per heavy atom. The van der Waals surface area contributed by atoms with Crippen molar-refractivity contribution in [2.45, 2.75) is 52.4 Å². The van der Waals surface area contributed by atoms with Crippen LogP contribution in [-0.4, -0.2) is 22.0 Å². The van der Waals surface area contributed by atoms with Gasteiger partial charge in [-0.3, -0.25) is 4.79 Å². The fourth-order valence-electron chi connectivity index (χ4n) is 1.77. The van der Waals surface area contributed by atoms with Crippen molar-refractivity contribution < 1.29 is 13.2 Å². The summed E-state index contributed by atoms with van der Waals surface area (Å²) in [6.07, 6.45) is -1.32. The Bertz CT molecular complexity index is 528. The Balaban J connectivity index is 2.82. The molecule has 0 saturated heterocycles. The first kappa shape index (κ1) is 18.0. The van der Waals surface area contributed by atoms with Crippen LogP contribution in [0.25, 0.3) is 0 Å². The van der Waals surface area contributed by atoms with Gasteiger partial charge in [0.05, 0.1) is 11.9 Å². The first-order valence-corrected chi connectivity index (χ1v) is 7.48. The molecular weight excluding hydrogens is 351 g/mol. The smallest absolute Gasteiger partial charge is 0.380 e. The first-order chi connectivity index (χ1) is 9.60. The zero-order valence-corrected chi connectivity index (χ0v) is 13.8. The van der Waals surface area contributed by atoms with Crippen molar-refractivity contribution in [1.82, 2.24) is 9.78 Å². The maximum atomic E-state index is 12.3. The molecule has 0 aliphatic rings. The van der Waals surface area contributed by atoms with Gasteiger partial charge in [0.1, 0.15) is 11.0 Å². The minimum atomic E-state index is -4.48. The van der Waals surface area contributed by atoms with Gasteiger partial charge in [-0.25, -0.2) is 4.68 Å². The van der Waals surface area contributed by atoms with Crippen LogP contribution in [0, 0.1) is 5.92 Å². The van der Waals surface area contributed by atoms with Crippen LogP contribution in [0.3, 0.4) is 0 Å². The molecule has 0 aromatic carbocycles. The van der Waals surface area contributed by atoms with E-state index in [1.165, 1.54) is 6.20 Å². The second-order valence-corrected chi connectivity index (χ2v) is 6.26. The number of nitrogens with one attached hydrogen (secondary N) is 1. The average Bonchev–Trinajstić information content (AvgIpc) is 2.34.